The second kappa shape index (κ2) is 1.81. The minimum atomic E-state index is -0.315. The lowest BCUT2D eigenvalue weighted by Gasteiger charge is -1.93. The molecule has 0 amide bonds. The van der Waals surface area contributed by atoms with E-state index in [1.807, 2.05) is 0 Å². The first-order valence-corrected chi connectivity index (χ1v) is 2.38. The minimum Gasteiger partial charge on any atom is -0.504 e. The molecule has 0 unspecified atom stereocenters. The molecule has 0 radical (unpaired) electrons. The van der Waals surface area contributed by atoms with Crippen LogP contribution in [0.5, 0.6) is 5.75 Å². The second-order valence-corrected chi connectivity index (χ2v) is 1.62. The number of hydrogen-bond acceptors (Lipinski definition) is 3. The summed E-state index contributed by atoms with van der Waals surface area (Å²) in [7, 11) is 0. The standard InChI is InChI=1S/C5H6N2O2/c6-5-3(8)1-2-4(9)7-5/h1-2,8H,(H3,6,7,9). The molecule has 48 valence electrons. The zero-order valence-corrected chi connectivity index (χ0v) is 4.59. The maximum absolute atomic E-state index is 10.4. The number of hydrogen-bond donors (Lipinski definition) is 3. The summed E-state index contributed by atoms with van der Waals surface area (Å²) in [5, 5.41) is 8.75. The van der Waals surface area contributed by atoms with Crippen molar-refractivity contribution in [1.29, 1.82) is 0 Å². The van der Waals surface area contributed by atoms with E-state index < -0.39 is 0 Å². The molecule has 0 saturated carbocycles. The fourth-order valence-corrected chi connectivity index (χ4v) is 0.483. The molecule has 9 heavy (non-hydrogen) atoms. The number of pyridine rings is 1. The lowest BCUT2D eigenvalue weighted by Crippen LogP contribution is -2.05. The average Bonchev–Trinajstić information content (AvgIpc) is 1.80. The zero-order valence-electron chi connectivity index (χ0n) is 4.59. The van der Waals surface area contributed by atoms with E-state index in [0.29, 0.717) is 0 Å². The zero-order chi connectivity index (χ0) is 6.85. The summed E-state index contributed by atoms with van der Waals surface area (Å²) in [6.07, 6.45) is 0. The number of aromatic hydroxyl groups is 1. The van der Waals surface area contributed by atoms with E-state index in [1.54, 1.807) is 0 Å². The minimum absolute atomic E-state index is 0.00231. The summed E-state index contributed by atoms with van der Waals surface area (Å²) in [6, 6.07) is 2.44. The van der Waals surface area contributed by atoms with Gasteiger partial charge in [-0.3, -0.25) is 4.79 Å². The molecule has 4 heteroatoms. The van der Waals surface area contributed by atoms with E-state index in [1.165, 1.54) is 12.1 Å². The number of anilines is 1. The molecule has 0 aromatic carbocycles. The lowest BCUT2D eigenvalue weighted by atomic mass is 10.4. The van der Waals surface area contributed by atoms with Crippen LogP contribution in [0.4, 0.5) is 5.82 Å². The van der Waals surface area contributed by atoms with Crippen molar-refractivity contribution < 1.29 is 5.11 Å². The maximum Gasteiger partial charge on any atom is 0.249 e. The van der Waals surface area contributed by atoms with E-state index in [2.05, 4.69) is 4.98 Å². The van der Waals surface area contributed by atoms with E-state index >= 15 is 0 Å². The molecule has 1 aromatic rings. The van der Waals surface area contributed by atoms with Crippen LogP contribution in [-0.4, -0.2) is 10.1 Å². The van der Waals surface area contributed by atoms with Crippen molar-refractivity contribution in [3.8, 4) is 5.75 Å². The van der Waals surface area contributed by atoms with Crippen molar-refractivity contribution in [2.75, 3.05) is 5.73 Å². The van der Waals surface area contributed by atoms with Gasteiger partial charge in [-0.25, -0.2) is 0 Å². The Morgan fingerprint density at radius 2 is 2.22 bits per heavy atom. The van der Waals surface area contributed by atoms with E-state index in [4.69, 9.17) is 10.8 Å². The molecule has 0 atom stereocenters. The van der Waals surface area contributed by atoms with Crippen LogP contribution in [0, 0.1) is 0 Å². The Morgan fingerprint density at radius 1 is 1.56 bits per heavy atom. The highest BCUT2D eigenvalue weighted by Gasteiger charge is 1.92. The predicted molar refractivity (Wildman–Crippen MR) is 33.1 cm³/mol. The molecule has 0 aliphatic heterocycles. The van der Waals surface area contributed by atoms with Crippen LogP contribution in [0.15, 0.2) is 16.9 Å². The van der Waals surface area contributed by atoms with Crippen molar-refractivity contribution in [2.45, 2.75) is 0 Å². The first-order valence-electron chi connectivity index (χ1n) is 2.38. The topological polar surface area (TPSA) is 79.1 Å². The highest BCUT2D eigenvalue weighted by Crippen LogP contribution is 2.10. The first kappa shape index (κ1) is 5.68. The molecule has 0 saturated heterocycles. The number of rotatable bonds is 0. The number of nitrogens with one attached hydrogen (secondary N) is 1. The first-order chi connectivity index (χ1) is 4.20. The Bertz CT molecular complexity index is 266. The van der Waals surface area contributed by atoms with Crippen LogP contribution < -0.4 is 11.3 Å². The molecule has 0 spiro atoms. The average molecular weight is 126 g/mol. The van der Waals surface area contributed by atoms with Gasteiger partial charge in [-0.2, -0.15) is 0 Å². The monoisotopic (exact) mass is 126 g/mol. The molecular formula is C5H6N2O2. The number of nitrogen functional groups attached to an aromatic ring is 1. The van der Waals surface area contributed by atoms with Gasteiger partial charge in [0.2, 0.25) is 5.56 Å². The lowest BCUT2D eigenvalue weighted by molar-refractivity contribution is 0.475. The molecule has 0 bridgehead atoms. The highest BCUT2D eigenvalue weighted by atomic mass is 16.3. The van der Waals surface area contributed by atoms with Crippen LogP contribution >= 0.6 is 0 Å². The Balaban J connectivity index is 3.34. The Morgan fingerprint density at radius 3 is 2.67 bits per heavy atom. The third-order valence-electron chi connectivity index (χ3n) is 0.926. The highest BCUT2D eigenvalue weighted by molar-refractivity contribution is 5.43. The van der Waals surface area contributed by atoms with Crippen LogP contribution in [0.25, 0.3) is 0 Å². The van der Waals surface area contributed by atoms with Crippen molar-refractivity contribution >= 4 is 5.82 Å². The smallest absolute Gasteiger partial charge is 0.249 e. The van der Waals surface area contributed by atoms with Gasteiger partial charge in [-0.15, -0.1) is 0 Å². The second-order valence-electron chi connectivity index (χ2n) is 1.62. The summed E-state index contributed by atoms with van der Waals surface area (Å²) < 4.78 is 0. The van der Waals surface area contributed by atoms with Gasteiger partial charge in [0.1, 0.15) is 5.82 Å². The van der Waals surface area contributed by atoms with Crippen molar-refractivity contribution in [3.05, 3.63) is 22.5 Å². The van der Waals surface area contributed by atoms with Crippen molar-refractivity contribution in [2.24, 2.45) is 0 Å². The predicted octanol–water partition coefficient (Wildman–Crippen LogP) is -0.337. The summed E-state index contributed by atoms with van der Waals surface area (Å²) in [6.45, 7) is 0. The molecule has 0 aliphatic carbocycles. The summed E-state index contributed by atoms with van der Waals surface area (Å²) in [5.74, 6) is -0.0999. The number of aromatic nitrogens is 1. The van der Waals surface area contributed by atoms with E-state index in [9.17, 15) is 4.79 Å². The Kier molecular flexibility index (Phi) is 1.14. The fourth-order valence-electron chi connectivity index (χ4n) is 0.483. The molecule has 0 fully saturated rings. The van der Waals surface area contributed by atoms with Gasteiger partial charge in [0, 0.05) is 6.07 Å². The molecule has 4 nitrogen and oxygen atoms in total. The van der Waals surface area contributed by atoms with Crippen LogP contribution in [0.3, 0.4) is 0 Å². The van der Waals surface area contributed by atoms with Crippen LogP contribution in [-0.2, 0) is 0 Å². The summed E-state index contributed by atoms with van der Waals surface area (Å²) >= 11 is 0. The number of H-pyrrole nitrogens is 1. The summed E-state index contributed by atoms with van der Waals surface area (Å²) in [4.78, 5) is 12.6. The fraction of sp³-hybridized carbons (Fsp3) is 0. The maximum atomic E-state index is 10.4. The van der Waals surface area contributed by atoms with E-state index in [-0.39, 0.29) is 17.1 Å². The SMILES string of the molecule is Nc1[nH]c(=O)ccc1O. The molecule has 1 rings (SSSR count). The summed E-state index contributed by atoms with van der Waals surface area (Å²) in [5.41, 5.74) is 4.80. The molecule has 1 heterocycles. The quantitative estimate of drug-likeness (QED) is 0.445. The van der Waals surface area contributed by atoms with Gasteiger partial charge >= 0.3 is 0 Å². The normalized spacial score (nSPS) is 9.33. The molecule has 4 N–H and O–H groups in total. The van der Waals surface area contributed by atoms with Gasteiger partial charge < -0.3 is 15.8 Å². The van der Waals surface area contributed by atoms with E-state index in [0.717, 1.165) is 0 Å². The largest absolute Gasteiger partial charge is 0.504 e. The number of aromatic amines is 1. The van der Waals surface area contributed by atoms with Gasteiger partial charge in [0.05, 0.1) is 0 Å². The number of nitrogens with two attached hydrogens (primary N) is 1. The molecule has 0 aliphatic rings. The molecular weight excluding hydrogens is 120 g/mol. The van der Waals surface area contributed by atoms with Gasteiger partial charge in [0.25, 0.3) is 0 Å². The van der Waals surface area contributed by atoms with Crippen LogP contribution in [0.1, 0.15) is 0 Å². The third-order valence-corrected chi connectivity index (χ3v) is 0.926. The van der Waals surface area contributed by atoms with Gasteiger partial charge in [0.15, 0.2) is 5.75 Å². The van der Waals surface area contributed by atoms with Gasteiger partial charge in [-0.1, -0.05) is 0 Å². The van der Waals surface area contributed by atoms with Gasteiger partial charge in [-0.05, 0) is 6.07 Å². The van der Waals surface area contributed by atoms with Crippen LogP contribution in [0.2, 0.25) is 0 Å². The van der Waals surface area contributed by atoms with Crippen molar-refractivity contribution in [1.82, 2.24) is 4.98 Å². The Hall–Kier alpha value is -1.45. The Labute approximate surface area is 50.9 Å². The molecule has 1 aromatic heterocycles. The van der Waals surface area contributed by atoms with Crippen molar-refractivity contribution in [3.63, 3.8) is 0 Å². The third kappa shape index (κ3) is 1.02.